The van der Waals surface area contributed by atoms with Crippen molar-refractivity contribution in [2.24, 2.45) is 20.5 Å². The van der Waals surface area contributed by atoms with E-state index >= 15 is 0 Å². The third-order valence-corrected chi connectivity index (χ3v) is 3.23. The fourth-order valence-electron chi connectivity index (χ4n) is 1.76. The van der Waals surface area contributed by atoms with Gasteiger partial charge < -0.3 is 0 Å². The van der Waals surface area contributed by atoms with Crippen molar-refractivity contribution in [3.05, 3.63) is 135 Å². The lowest BCUT2D eigenvalue weighted by molar-refractivity contribution is 0.921. The molecule has 0 saturated carbocycles. The predicted octanol–water partition coefficient (Wildman–Crippen LogP) is 6.68. The fraction of sp³-hybridized carbons (Fsp3) is 0.0400. The van der Waals surface area contributed by atoms with Crippen LogP contribution in [0.15, 0.2) is 156 Å². The number of nitrogens with one attached hydrogen (secondary N) is 1. The number of nitrogens with zero attached hydrogens (tertiary/aromatic N) is 4. The molecule has 0 aromatic carbocycles. The Morgan fingerprint density at radius 1 is 0.800 bits per heavy atom. The first-order valence-electron chi connectivity index (χ1n) is 9.05. The third kappa shape index (κ3) is 11.6. The van der Waals surface area contributed by atoms with E-state index in [1.807, 2.05) is 19.1 Å². The third-order valence-electron chi connectivity index (χ3n) is 3.23. The highest BCUT2D eigenvalue weighted by molar-refractivity contribution is 6.14. The summed E-state index contributed by atoms with van der Waals surface area (Å²) < 4.78 is 0. The Bertz CT molecular complexity index is 884. The van der Waals surface area contributed by atoms with Crippen molar-refractivity contribution >= 4 is 11.4 Å². The highest BCUT2D eigenvalue weighted by atomic mass is 15.4. The van der Waals surface area contributed by atoms with Crippen molar-refractivity contribution in [3.8, 4) is 0 Å². The summed E-state index contributed by atoms with van der Waals surface area (Å²) in [4.78, 5) is 0. The van der Waals surface area contributed by atoms with Gasteiger partial charge in [-0.25, -0.2) is 0 Å². The highest BCUT2D eigenvalue weighted by Crippen LogP contribution is 2.05. The molecule has 1 N–H and O–H groups in total. The Morgan fingerprint density at radius 3 is 2.10 bits per heavy atom. The molecule has 0 aromatic rings. The molecule has 5 heteroatoms. The SMILES string of the molecule is C=C/C=C\C=C(/C=C)NN=C(C=C)C=C(C)C(C=C)=NN=NC(/C=C\C=C)=C/C=C. The molecule has 0 aliphatic carbocycles. The molecule has 154 valence electrons. The molecule has 0 heterocycles. The van der Waals surface area contributed by atoms with Crippen LogP contribution in [-0.2, 0) is 0 Å². The van der Waals surface area contributed by atoms with E-state index in [4.69, 9.17) is 0 Å². The van der Waals surface area contributed by atoms with Crippen molar-refractivity contribution in [3.63, 3.8) is 0 Å². The maximum absolute atomic E-state index is 4.31. The van der Waals surface area contributed by atoms with Crippen LogP contribution in [0.25, 0.3) is 0 Å². The van der Waals surface area contributed by atoms with Gasteiger partial charge in [0.2, 0.25) is 0 Å². The van der Waals surface area contributed by atoms with Gasteiger partial charge in [-0.3, -0.25) is 5.43 Å². The zero-order valence-corrected chi connectivity index (χ0v) is 17.5. The van der Waals surface area contributed by atoms with Gasteiger partial charge in [0.15, 0.2) is 0 Å². The Morgan fingerprint density at radius 2 is 1.53 bits per heavy atom. The average Bonchev–Trinajstić information content (AvgIpc) is 2.76. The summed E-state index contributed by atoms with van der Waals surface area (Å²) in [5, 5.41) is 16.4. The quantitative estimate of drug-likeness (QED) is 0.150. The minimum atomic E-state index is 0.548. The molecule has 0 spiro atoms. The minimum absolute atomic E-state index is 0.548. The molecule has 0 aromatic heterocycles. The van der Waals surface area contributed by atoms with Gasteiger partial charge in [-0.05, 0) is 60.3 Å². The Kier molecular flexibility index (Phi) is 14.7. The number of hydrogen-bond acceptors (Lipinski definition) is 4. The lowest BCUT2D eigenvalue weighted by Gasteiger charge is -2.03. The maximum atomic E-state index is 4.31. The first-order valence-corrected chi connectivity index (χ1v) is 9.05. The van der Waals surface area contributed by atoms with Gasteiger partial charge in [0, 0.05) is 0 Å². The van der Waals surface area contributed by atoms with E-state index in [2.05, 4.69) is 65.4 Å². The van der Waals surface area contributed by atoms with Crippen molar-refractivity contribution in [1.29, 1.82) is 0 Å². The van der Waals surface area contributed by atoms with E-state index in [1.165, 1.54) is 0 Å². The molecule has 0 atom stereocenters. The van der Waals surface area contributed by atoms with Gasteiger partial charge in [-0.2, -0.15) is 5.10 Å². The van der Waals surface area contributed by atoms with Crippen LogP contribution in [0.5, 0.6) is 0 Å². The van der Waals surface area contributed by atoms with E-state index in [0.29, 0.717) is 17.1 Å². The van der Waals surface area contributed by atoms with Crippen LogP contribution in [0.2, 0.25) is 0 Å². The monoisotopic (exact) mass is 399 g/mol. The zero-order valence-electron chi connectivity index (χ0n) is 17.5. The van der Waals surface area contributed by atoms with Crippen LogP contribution in [0, 0.1) is 0 Å². The van der Waals surface area contributed by atoms with E-state index in [0.717, 1.165) is 11.3 Å². The van der Waals surface area contributed by atoms with E-state index in [1.54, 1.807) is 66.8 Å². The predicted molar refractivity (Wildman–Crippen MR) is 132 cm³/mol. The topological polar surface area (TPSA) is 61.5 Å². The highest BCUT2D eigenvalue weighted by Gasteiger charge is 2.00. The van der Waals surface area contributed by atoms with Crippen molar-refractivity contribution < 1.29 is 0 Å². The Hall–Kier alpha value is -4.12. The molecule has 0 amide bonds. The molecule has 0 bridgehead atoms. The van der Waals surface area contributed by atoms with Crippen LogP contribution in [0.4, 0.5) is 0 Å². The molecule has 30 heavy (non-hydrogen) atoms. The summed E-state index contributed by atoms with van der Waals surface area (Å²) in [5.41, 5.74) is 6.17. The van der Waals surface area contributed by atoms with Crippen LogP contribution in [-0.4, -0.2) is 11.4 Å². The first kappa shape index (κ1) is 25.9. The van der Waals surface area contributed by atoms with E-state index in [-0.39, 0.29) is 0 Å². The van der Waals surface area contributed by atoms with Crippen LogP contribution >= 0.6 is 0 Å². The standard InChI is InChI=1S/C25H29N5/c1-8-14-16-19-22(11-4)26-27-23(12-5)20-21(7)25(13-6)29-30-28-24(17-10-3)18-15-9-2/h8-20,26H,1-6H2,7H3/b16-14-,18-15-,21-20?,22-19+,24-17+,27-23?,29-25?,30-28?. The summed E-state index contributed by atoms with van der Waals surface area (Å²) >= 11 is 0. The summed E-state index contributed by atoms with van der Waals surface area (Å²) in [7, 11) is 0. The van der Waals surface area contributed by atoms with E-state index < -0.39 is 0 Å². The second-order valence-corrected chi connectivity index (χ2v) is 5.43. The number of hydrogen-bond donors (Lipinski definition) is 1. The first-order chi connectivity index (χ1) is 14.6. The van der Waals surface area contributed by atoms with Crippen molar-refractivity contribution in [1.82, 2.24) is 5.43 Å². The maximum Gasteiger partial charge on any atom is 0.0899 e. The lowest BCUT2D eigenvalue weighted by Crippen LogP contribution is -2.07. The van der Waals surface area contributed by atoms with Crippen LogP contribution in [0.1, 0.15) is 6.92 Å². The number of allylic oxidation sites excluding steroid dienone is 14. The van der Waals surface area contributed by atoms with E-state index in [9.17, 15) is 0 Å². The van der Waals surface area contributed by atoms with Crippen molar-refractivity contribution in [2.75, 3.05) is 0 Å². The van der Waals surface area contributed by atoms with Gasteiger partial charge in [0.1, 0.15) is 0 Å². The number of rotatable bonds is 14. The molecule has 0 rings (SSSR count). The Labute approximate surface area is 180 Å². The molecule has 5 nitrogen and oxygen atoms in total. The molecule has 0 fully saturated rings. The summed E-state index contributed by atoms with van der Waals surface area (Å²) in [6.45, 7) is 24.1. The Balaban J connectivity index is 5.58. The molecule has 0 unspecified atom stereocenters. The number of hydrazone groups is 1. The summed E-state index contributed by atoms with van der Waals surface area (Å²) in [6, 6.07) is 0. The molecule has 0 aliphatic rings. The molecule has 0 saturated heterocycles. The van der Waals surface area contributed by atoms with Crippen LogP contribution in [0.3, 0.4) is 0 Å². The van der Waals surface area contributed by atoms with Gasteiger partial charge in [0.05, 0.1) is 22.8 Å². The van der Waals surface area contributed by atoms with Gasteiger partial charge >= 0.3 is 0 Å². The summed E-state index contributed by atoms with van der Waals surface area (Å²) in [5.74, 6) is 0. The van der Waals surface area contributed by atoms with Gasteiger partial charge in [-0.1, -0.05) is 75.9 Å². The van der Waals surface area contributed by atoms with Crippen molar-refractivity contribution in [2.45, 2.75) is 6.92 Å². The fourth-order valence-corrected chi connectivity index (χ4v) is 1.76. The molecule has 0 radical (unpaired) electrons. The second kappa shape index (κ2) is 17.0. The normalized spacial score (nSPS) is 14.2. The largest absolute Gasteiger partial charge is 0.278 e. The average molecular weight is 400 g/mol. The molecular formula is C25H29N5. The smallest absolute Gasteiger partial charge is 0.0899 e. The zero-order chi connectivity index (χ0) is 22.6. The summed E-state index contributed by atoms with van der Waals surface area (Å²) in [6.07, 6.45) is 22.2. The molecular weight excluding hydrogens is 370 g/mol. The minimum Gasteiger partial charge on any atom is -0.278 e. The van der Waals surface area contributed by atoms with Gasteiger partial charge in [0.25, 0.3) is 0 Å². The lowest BCUT2D eigenvalue weighted by atomic mass is 10.1. The second-order valence-electron chi connectivity index (χ2n) is 5.43. The van der Waals surface area contributed by atoms with Crippen LogP contribution < -0.4 is 5.43 Å². The van der Waals surface area contributed by atoms with Gasteiger partial charge in [-0.15, -0.1) is 10.2 Å². The molecule has 0 aliphatic heterocycles.